The minimum Gasteiger partial charge on any atom is -0.463 e. The summed E-state index contributed by atoms with van der Waals surface area (Å²) in [6, 6.07) is 0. The fourth-order valence-electron chi connectivity index (χ4n) is 3.57. The third-order valence-electron chi connectivity index (χ3n) is 4.51. The lowest BCUT2D eigenvalue weighted by molar-refractivity contribution is -0.169. The Morgan fingerprint density at radius 3 is 2.74 bits per heavy atom. The maximum Gasteiger partial charge on any atom is 0.330 e. The van der Waals surface area contributed by atoms with Crippen LogP contribution >= 0.6 is 0 Å². The number of esters is 2. The van der Waals surface area contributed by atoms with Gasteiger partial charge < -0.3 is 19.3 Å². The zero-order valence-corrected chi connectivity index (χ0v) is 13.1. The highest BCUT2D eigenvalue weighted by Gasteiger charge is 2.81. The van der Waals surface area contributed by atoms with Gasteiger partial charge in [-0.2, -0.15) is 8.42 Å². The first-order valence-electron chi connectivity index (χ1n) is 6.90. The van der Waals surface area contributed by atoms with Crippen LogP contribution < -0.4 is 0 Å². The second-order valence-corrected chi connectivity index (χ2v) is 7.57. The Morgan fingerprint density at radius 2 is 2.17 bits per heavy atom. The van der Waals surface area contributed by atoms with Crippen LogP contribution in [-0.4, -0.2) is 67.3 Å². The molecule has 0 aromatic carbocycles. The first kappa shape index (κ1) is 16.4. The van der Waals surface area contributed by atoms with Gasteiger partial charge in [-0.3, -0.25) is 8.98 Å². The summed E-state index contributed by atoms with van der Waals surface area (Å²) in [6.45, 7) is 3.52. The van der Waals surface area contributed by atoms with E-state index in [1.165, 1.54) is 6.92 Å². The summed E-state index contributed by atoms with van der Waals surface area (Å²) in [7, 11) is -4.00. The topological polar surface area (TPSA) is 125 Å². The van der Waals surface area contributed by atoms with Gasteiger partial charge in [0.25, 0.3) is 10.1 Å². The van der Waals surface area contributed by atoms with Crippen molar-refractivity contribution in [1.82, 2.24) is 0 Å². The maximum atomic E-state index is 12.1. The molecule has 3 heterocycles. The molecule has 23 heavy (non-hydrogen) atoms. The van der Waals surface area contributed by atoms with Crippen LogP contribution in [-0.2, 0) is 38.1 Å². The van der Waals surface area contributed by atoms with E-state index in [1.54, 1.807) is 0 Å². The molecule has 2 bridgehead atoms. The highest BCUT2D eigenvalue weighted by molar-refractivity contribution is 7.87. The Hall–Kier alpha value is -1.49. The predicted molar refractivity (Wildman–Crippen MR) is 72.5 cm³/mol. The number of hydrogen-bond donors (Lipinski definition) is 1. The third kappa shape index (κ3) is 2.12. The zero-order chi connectivity index (χ0) is 17.0. The van der Waals surface area contributed by atoms with Gasteiger partial charge in [0.2, 0.25) is 0 Å². The summed E-state index contributed by atoms with van der Waals surface area (Å²) < 4.78 is 45.3. The summed E-state index contributed by atoms with van der Waals surface area (Å²) in [5.41, 5.74) is -2.92. The van der Waals surface area contributed by atoms with Crippen LogP contribution in [0.15, 0.2) is 12.7 Å². The lowest BCUT2D eigenvalue weighted by Crippen LogP contribution is -2.56. The van der Waals surface area contributed by atoms with E-state index in [2.05, 4.69) is 6.58 Å². The van der Waals surface area contributed by atoms with Gasteiger partial charge in [-0.15, -0.1) is 0 Å². The van der Waals surface area contributed by atoms with Crippen molar-refractivity contribution in [2.45, 2.75) is 42.0 Å². The Kier molecular flexibility index (Phi) is 3.56. The Bertz CT molecular complexity index is 671. The van der Waals surface area contributed by atoms with Crippen molar-refractivity contribution in [1.29, 1.82) is 0 Å². The van der Waals surface area contributed by atoms with Gasteiger partial charge in [0.05, 0.1) is 6.61 Å². The Morgan fingerprint density at radius 1 is 1.48 bits per heavy atom. The van der Waals surface area contributed by atoms with Gasteiger partial charge in [-0.05, 0) is 0 Å². The molecule has 5 atom stereocenters. The van der Waals surface area contributed by atoms with Gasteiger partial charge in [0.1, 0.15) is 29.2 Å². The molecule has 128 valence electrons. The molecular weight excluding hydrogens is 332 g/mol. The number of aliphatic hydroxyl groups is 1. The van der Waals surface area contributed by atoms with E-state index in [0.29, 0.717) is 0 Å². The molecule has 5 unspecified atom stereocenters. The standard InChI is InChI=1S/C13H16O9S/c1-3-9(16)20-10-11-13(5-14)8(23(17,18)21-11)4-12(10,22-13)6-19-7(2)15/h3,8,10-11,14H,1,4-6H2,2H3. The molecule has 0 amide bonds. The van der Waals surface area contributed by atoms with Crippen molar-refractivity contribution >= 4 is 22.1 Å². The van der Waals surface area contributed by atoms with Crippen LogP contribution in [0.5, 0.6) is 0 Å². The van der Waals surface area contributed by atoms with E-state index in [0.717, 1.165) is 6.08 Å². The van der Waals surface area contributed by atoms with Gasteiger partial charge in [-0.1, -0.05) is 6.58 Å². The van der Waals surface area contributed by atoms with Crippen molar-refractivity contribution in [2.24, 2.45) is 0 Å². The highest BCUT2D eigenvalue weighted by atomic mass is 32.2. The van der Waals surface area contributed by atoms with E-state index in [-0.39, 0.29) is 13.0 Å². The summed E-state index contributed by atoms with van der Waals surface area (Å²) >= 11 is 0. The van der Waals surface area contributed by atoms with E-state index in [4.69, 9.17) is 18.4 Å². The van der Waals surface area contributed by atoms with Crippen molar-refractivity contribution in [3.05, 3.63) is 12.7 Å². The fourth-order valence-corrected chi connectivity index (χ4v) is 5.49. The molecule has 0 spiro atoms. The minimum atomic E-state index is -4.00. The van der Waals surface area contributed by atoms with Gasteiger partial charge in [0.15, 0.2) is 6.10 Å². The second kappa shape index (κ2) is 5.00. The molecule has 3 fully saturated rings. The zero-order valence-electron chi connectivity index (χ0n) is 12.3. The number of hydrogen-bond acceptors (Lipinski definition) is 9. The Labute approximate surface area is 132 Å². The van der Waals surface area contributed by atoms with Crippen LogP contribution in [0.1, 0.15) is 13.3 Å². The molecule has 0 aromatic heterocycles. The van der Waals surface area contributed by atoms with Gasteiger partial charge in [0, 0.05) is 19.4 Å². The van der Waals surface area contributed by atoms with E-state index in [1.807, 2.05) is 0 Å². The molecule has 0 saturated carbocycles. The molecule has 0 aromatic rings. The van der Waals surface area contributed by atoms with Gasteiger partial charge in [-0.25, -0.2) is 4.79 Å². The molecule has 1 N–H and O–H groups in total. The SMILES string of the molecule is C=CC(=O)OC1C2OS(=O)(=O)C3CC1(COC(C)=O)OC23CO. The number of ether oxygens (including phenoxy) is 3. The first-order chi connectivity index (χ1) is 10.7. The molecule has 3 aliphatic heterocycles. The lowest BCUT2D eigenvalue weighted by atomic mass is 9.77. The van der Waals surface area contributed by atoms with E-state index < -0.39 is 57.3 Å². The number of carbonyl (C=O) groups excluding carboxylic acids is 2. The predicted octanol–water partition coefficient (Wildman–Crippen LogP) is -1.35. The van der Waals surface area contributed by atoms with Gasteiger partial charge >= 0.3 is 11.9 Å². The normalized spacial score (nSPS) is 42.4. The Balaban J connectivity index is 2.02. The van der Waals surface area contributed by atoms with Crippen LogP contribution in [0.25, 0.3) is 0 Å². The van der Waals surface area contributed by atoms with Crippen LogP contribution in [0.4, 0.5) is 0 Å². The molecule has 3 aliphatic rings. The maximum absolute atomic E-state index is 12.1. The third-order valence-corrected chi connectivity index (χ3v) is 6.25. The molecule has 3 rings (SSSR count). The number of fused-ring (bicyclic) bond motifs is 1. The number of carbonyl (C=O) groups is 2. The minimum absolute atomic E-state index is 0.116. The van der Waals surface area contributed by atoms with E-state index >= 15 is 0 Å². The highest BCUT2D eigenvalue weighted by Crippen LogP contribution is 2.60. The largest absolute Gasteiger partial charge is 0.463 e. The quantitative estimate of drug-likeness (QED) is 0.364. The molecule has 0 radical (unpaired) electrons. The average Bonchev–Trinajstić information content (AvgIpc) is 3.01. The molecule has 0 aliphatic carbocycles. The average molecular weight is 348 g/mol. The van der Waals surface area contributed by atoms with Crippen LogP contribution in [0, 0.1) is 0 Å². The van der Waals surface area contributed by atoms with E-state index in [9.17, 15) is 23.1 Å². The lowest BCUT2D eigenvalue weighted by Gasteiger charge is -2.32. The first-order valence-corrected chi connectivity index (χ1v) is 8.37. The van der Waals surface area contributed by atoms with Crippen molar-refractivity contribution in [3.63, 3.8) is 0 Å². The molecule has 10 heteroatoms. The summed E-state index contributed by atoms with van der Waals surface area (Å²) in [6.07, 6.45) is -1.55. The van der Waals surface area contributed by atoms with Crippen LogP contribution in [0.3, 0.4) is 0 Å². The summed E-state index contributed by atoms with van der Waals surface area (Å²) in [5, 5.41) is 8.61. The smallest absolute Gasteiger partial charge is 0.330 e. The summed E-state index contributed by atoms with van der Waals surface area (Å²) in [5.74, 6) is -1.40. The van der Waals surface area contributed by atoms with Crippen LogP contribution in [0.2, 0.25) is 0 Å². The van der Waals surface area contributed by atoms with Crippen molar-refractivity contribution in [3.8, 4) is 0 Å². The molecule has 3 saturated heterocycles. The second-order valence-electron chi connectivity index (χ2n) is 5.82. The molecular formula is C13H16O9S. The van der Waals surface area contributed by atoms with Crippen molar-refractivity contribution in [2.75, 3.05) is 13.2 Å². The monoisotopic (exact) mass is 348 g/mol. The number of aliphatic hydroxyl groups excluding tert-OH is 1. The number of rotatable bonds is 5. The fraction of sp³-hybridized carbons (Fsp3) is 0.692. The molecule has 9 nitrogen and oxygen atoms in total. The van der Waals surface area contributed by atoms with Crippen molar-refractivity contribution < 1.29 is 41.5 Å². The summed E-state index contributed by atoms with van der Waals surface area (Å²) in [4.78, 5) is 22.7.